The van der Waals surface area contributed by atoms with E-state index in [2.05, 4.69) is 13.2 Å². The maximum Gasteiger partial charge on any atom is 0.334 e. The van der Waals surface area contributed by atoms with E-state index in [-0.39, 0.29) is 5.78 Å². The van der Waals surface area contributed by atoms with E-state index < -0.39 is 47.5 Å². The highest BCUT2D eigenvalue weighted by Crippen LogP contribution is 2.43. The van der Waals surface area contributed by atoms with E-state index in [4.69, 9.17) is 9.47 Å². The lowest BCUT2D eigenvalue weighted by Crippen LogP contribution is -2.50. The van der Waals surface area contributed by atoms with Crippen LogP contribution < -0.4 is 0 Å². The average Bonchev–Trinajstić information content (AvgIpc) is 3.00. The molecule has 0 aromatic carbocycles. The molecule has 26 heavy (non-hydrogen) atoms. The van der Waals surface area contributed by atoms with E-state index in [1.54, 1.807) is 19.9 Å². The van der Waals surface area contributed by atoms with E-state index in [1.807, 2.05) is 0 Å². The minimum Gasteiger partial charge on any atom is -0.454 e. The predicted molar refractivity (Wildman–Crippen MR) is 92.8 cm³/mol. The SMILES string of the molecule is C=C(C)C1CCC2=CC(OC2=O)C(C(=C)C)C(=O)C2(O)OC1C(=O)C2C. The van der Waals surface area contributed by atoms with Crippen LogP contribution in [0.5, 0.6) is 0 Å². The number of Topliss-reactive ketones (excluding diaryl/α,β-unsaturated/α-hetero) is 2. The second-order valence-electron chi connectivity index (χ2n) is 7.60. The van der Waals surface area contributed by atoms with Crippen molar-refractivity contribution in [2.45, 2.75) is 51.6 Å². The summed E-state index contributed by atoms with van der Waals surface area (Å²) in [6.07, 6.45) is 0.635. The molecule has 1 N–H and O–H groups in total. The van der Waals surface area contributed by atoms with Crippen LogP contribution in [0, 0.1) is 17.8 Å². The molecule has 0 saturated carbocycles. The number of aliphatic hydroxyl groups is 1. The van der Waals surface area contributed by atoms with Gasteiger partial charge in [0, 0.05) is 11.5 Å². The smallest absolute Gasteiger partial charge is 0.334 e. The van der Waals surface area contributed by atoms with Crippen molar-refractivity contribution in [1.82, 2.24) is 0 Å². The number of carbonyl (C=O) groups is 3. The first-order chi connectivity index (χ1) is 12.1. The molecule has 3 heterocycles. The Labute approximate surface area is 152 Å². The van der Waals surface area contributed by atoms with Crippen LogP contribution in [0.15, 0.2) is 36.0 Å². The van der Waals surface area contributed by atoms with Crippen molar-refractivity contribution in [2.24, 2.45) is 17.8 Å². The van der Waals surface area contributed by atoms with Crippen LogP contribution >= 0.6 is 0 Å². The Kier molecular flexibility index (Phi) is 4.53. The molecule has 3 aliphatic rings. The summed E-state index contributed by atoms with van der Waals surface area (Å²) in [5.74, 6) is -6.18. The molecule has 0 aromatic heterocycles. The third kappa shape index (κ3) is 2.68. The van der Waals surface area contributed by atoms with Crippen LogP contribution in [0.25, 0.3) is 0 Å². The Hall–Kier alpha value is -2.05. The molecule has 140 valence electrons. The summed E-state index contributed by atoms with van der Waals surface area (Å²) in [4.78, 5) is 38.2. The van der Waals surface area contributed by atoms with Crippen molar-refractivity contribution in [3.63, 3.8) is 0 Å². The highest BCUT2D eigenvalue weighted by atomic mass is 16.6. The van der Waals surface area contributed by atoms with Crippen LogP contribution in [0.3, 0.4) is 0 Å². The zero-order chi connectivity index (χ0) is 19.4. The molecule has 0 aliphatic carbocycles. The molecular weight excluding hydrogens is 336 g/mol. The summed E-state index contributed by atoms with van der Waals surface area (Å²) in [7, 11) is 0. The molecule has 0 aromatic rings. The van der Waals surface area contributed by atoms with Crippen molar-refractivity contribution in [2.75, 3.05) is 0 Å². The van der Waals surface area contributed by atoms with Gasteiger partial charge in [-0.3, -0.25) is 9.59 Å². The molecule has 0 amide bonds. The van der Waals surface area contributed by atoms with Gasteiger partial charge < -0.3 is 14.6 Å². The van der Waals surface area contributed by atoms with Gasteiger partial charge in [0.2, 0.25) is 11.6 Å². The summed E-state index contributed by atoms with van der Waals surface area (Å²) in [5, 5.41) is 11.0. The number of fused-ring (bicyclic) bond motifs is 3. The van der Waals surface area contributed by atoms with Crippen LogP contribution in [-0.4, -0.2) is 40.6 Å². The van der Waals surface area contributed by atoms with Gasteiger partial charge >= 0.3 is 5.97 Å². The van der Waals surface area contributed by atoms with E-state index >= 15 is 0 Å². The van der Waals surface area contributed by atoms with E-state index in [9.17, 15) is 19.5 Å². The molecule has 1 saturated heterocycles. The van der Waals surface area contributed by atoms with Crippen LogP contribution in [0.2, 0.25) is 0 Å². The van der Waals surface area contributed by atoms with Crippen molar-refractivity contribution >= 4 is 17.5 Å². The normalized spacial score (nSPS) is 39.9. The summed E-state index contributed by atoms with van der Waals surface area (Å²) < 4.78 is 11.1. The Morgan fingerprint density at radius 1 is 1.23 bits per heavy atom. The van der Waals surface area contributed by atoms with Gasteiger partial charge in [0.05, 0.1) is 11.8 Å². The van der Waals surface area contributed by atoms with E-state index in [0.29, 0.717) is 29.6 Å². The fourth-order valence-corrected chi connectivity index (χ4v) is 4.04. The molecule has 4 bridgehead atoms. The van der Waals surface area contributed by atoms with Crippen molar-refractivity contribution in [3.8, 4) is 0 Å². The van der Waals surface area contributed by atoms with Crippen molar-refractivity contribution in [1.29, 1.82) is 0 Å². The maximum atomic E-state index is 13.2. The highest BCUT2D eigenvalue weighted by molar-refractivity contribution is 6.01. The second-order valence-corrected chi connectivity index (χ2v) is 7.60. The minimum atomic E-state index is -2.27. The second kappa shape index (κ2) is 6.28. The molecule has 0 spiro atoms. The van der Waals surface area contributed by atoms with Gasteiger partial charge in [-0.2, -0.15) is 0 Å². The number of hydrogen-bond donors (Lipinski definition) is 1. The Morgan fingerprint density at radius 2 is 1.88 bits per heavy atom. The van der Waals surface area contributed by atoms with Crippen LogP contribution in [-0.2, 0) is 23.9 Å². The number of ether oxygens (including phenoxy) is 2. The zero-order valence-electron chi connectivity index (χ0n) is 15.3. The monoisotopic (exact) mass is 360 g/mol. The fraction of sp³-hybridized carbons (Fsp3) is 0.550. The van der Waals surface area contributed by atoms with Gasteiger partial charge in [-0.1, -0.05) is 24.3 Å². The molecule has 6 unspecified atom stereocenters. The summed E-state index contributed by atoms with van der Waals surface area (Å²) >= 11 is 0. The molecule has 0 radical (unpaired) electrons. The fourth-order valence-electron chi connectivity index (χ4n) is 4.04. The van der Waals surface area contributed by atoms with Crippen molar-refractivity contribution < 1.29 is 29.0 Å². The molecule has 3 aliphatic heterocycles. The summed E-state index contributed by atoms with van der Waals surface area (Å²) in [6, 6.07) is 0. The van der Waals surface area contributed by atoms with Crippen LogP contribution in [0.1, 0.15) is 33.6 Å². The van der Waals surface area contributed by atoms with Gasteiger partial charge in [-0.05, 0) is 39.7 Å². The maximum absolute atomic E-state index is 13.2. The van der Waals surface area contributed by atoms with E-state index in [1.165, 1.54) is 6.92 Å². The van der Waals surface area contributed by atoms with Gasteiger partial charge in [0.1, 0.15) is 12.2 Å². The molecule has 6 atom stereocenters. The third-order valence-electron chi connectivity index (χ3n) is 5.69. The topological polar surface area (TPSA) is 89.9 Å². The Morgan fingerprint density at radius 3 is 2.46 bits per heavy atom. The number of ketones is 2. The number of carbonyl (C=O) groups excluding carboxylic acids is 3. The van der Waals surface area contributed by atoms with Gasteiger partial charge in [0.25, 0.3) is 0 Å². The summed E-state index contributed by atoms with van der Waals surface area (Å²) in [6.45, 7) is 12.6. The molecular formula is C20H24O6. The first-order valence-corrected chi connectivity index (χ1v) is 8.78. The lowest BCUT2D eigenvalue weighted by atomic mass is 9.79. The minimum absolute atomic E-state index is 0.330. The largest absolute Gasteiger partial charge is 0.454 e. The standard InChI is InChI=1S/C20H24O6/c1-9(2)13-7-6-12-8-14(25-19(12)23)15(10(3)4)18(22)20(24)11(5)16(21)17(13)26-20/h8,11,13-15,17,24H,1,3,6-7H2,2,4-5H3. The van der Waals surface area contributed by atoms with Gasteiger partial charge in [-0.25, -0.2) is 4.79 Å². The lowest BCUT2D eigenvalue weighted by molar-refractivity contribution is -0.217. The zero-order valence-corrected chi connectivity index (χ0v) is 15.3. The molecule has 3 rings (SSSR count). The quantitative estimate of drug-likeness (QED) is 0.597. The highest BCUT2D eigenvalue weighted by Gasteiger charge is 2.60. The third-order valence-corrected chi connectivity index (χ3v) is 5.69. The first kappa shape index (κ1) is 18.7. The molecule has 6 heteroatoms. The molecule has 1 fully saturated rings. The first-order valence-electron chi connectivity index (χ1n) is 8.78. The Bertz CT molecular complexity index is 747. The predicted octanol–water partition coefficient (Wildman–Crippen LogP) is 1.88. The number of hydrogen-bond acceptors (Lipinski definition) is 6. The lowest BCUT2D eigenvalue weighted by Gasteiger charge is -2.31. The van der Waals surface area contributed by atoms with E-state index in [0.717, 1.165) is 0 Å². The Balaban J connectivity index is 2.13. The number of esters is 1. The van der Waals surface area contributed by atoms with Gasteiger partial charge in [-0.15, -0.1) is 0 Å². The summed E-state index contributed by atoms with van der Waals surface area (Å²) in [5.41, 5.74) is 1.60. The van der Waals surface area contributed by atoms with Gasteiger partial charge in [0.15, 0.2) is 5.78 Å². The average molecular weight is 360 g/mol. The molecule has 6 nitrogen and oxygen atoms in total. The van der Waals surface area contributed by atoms with Crippen molar-refractivity contribution in [3.05, 3.63) is 36.0 Å². The van der Waals surface area contributed by atoms with Crippen LogP contribution in [0.4, 0.5) is 0 Å². The number of rotatable bonds is 2.